The monoisotopic (exact) mass is 353 g/mol. The van der Waals surface area contributed by atoms with Gasteiger partial charge in [-0.25, -0.2) is 4.98 Å². The number of aryl methyl sites for hydroxylation is 1. The molecule has 0 saturated carbocycles. The van der Waals surface area contributed by atoms with E-state index >= 15 is 0 Å². The number of piperazine rings is 1. The molecule has 1 unspecified atom stereocenters. The minimum absolute atomic E-state index is 0.0926. The van der Waals surface area contributed by atoms with Crippen molar-refractivity contribution in [3.05, 3.63) is 16.1 Å². The van der Waals surface area contributed by atoms with Crippen molar-refractivity contribution in [1.82, 2.24) is 14.8 Å². The number of amides is 1. The molecule has 1 aromatic rings. The number of hydrogen-bond donors (Lipinski definition) is 0. The van der Waals surface area contributed by atoms with Crippen LogP contribution in [-0.4, -0.2) is 72.8 Å². The smallest absolute Gasteiger partial charge is 0.248 e. The first-order chi connectivity index (χ1) is 11.7. The van der Waals surface area contributed by atoms with E-state index in [1.54, 1.807) is 11.3 Å². The molecule has 1 amide bonds. The first kappa shape index (κ1) is 17.8. The summed E-state index contributed by atoms with van der Waals surface area (Å²) in [7, 11) is 0. The fourth-order valence-electron chi connectivity index (χ4n) is 3.17. The fourth-order valence-corrected chi connectivity index (χ4v) is 3.78. The first-order valence-corrected chi connectivity index (χ1v) is 9.69. The van der Waals surface area contributed by atoms with E-state index in [-0.39, 0.29) is 18.6 Å². The Bertz CT molecular complexity index is 523. The molecular weight excluding hydrogens is 326 g/mol. The Morgan fingerprint density at radius 2 is 2.21 bits per heavy atom. The Labute approximate surface area is 147 Å². The fraction of sp³-hybridized carbons (Fsp3) is 0.765. The molecule has 134 valence electrons. The maximum absolute atomic E-state index is 12.2. The van der Waals surface area contributed by atoms with Gasteiger partial charge in [0.25, 0.3) is 0 Å². The van der Waals surface area contributed by atoms with Gasteiger partial charge >= 0.3 is 0 Å². The van der Waals surface area contributed by atoms with E-state index in [4.69, 9.17) is 9.47 Å². The molecule has 0 bridgehead atoms. The van der Waals surface area contributed by atoms with Crippen molar-refractivity contribution < 1.29 is 14.3 Å². The molecule has 2 aliphatic rings. The lowest BCUT2D eigenvalue weighted by Gasteiger charge is -2.34. The van der Waals surface area contributed by atoms with Gasteiger partial charge in [-0.2, -0.15) is 0 Å². The summed E-state index contributed by atoms with van der Waals surface area (Å²) in [5.41, 5.74) is 1.13. The highest BCUT2D eigenvalue weighted by Crippen LogP contribution is 2.14. The highest BCUT2D eigenvalue weighted by atomic mass is 32.1. The number of carbonyl (C=O) groups is 1. The second-order valence-corrected chi connectivity index (χ2v) is 7.58. The lowest BCUT2D eigenvalue weighted by atomic mass is 10.1. The van der Waals surface area contributed by atoms with Crippen molar-refractivity contribution in [1.29, 1.82) is 0 Å². The van der Waals surface area contributed by atoms with Crippen LogP contribution in [0.1, 0.15) is 30.0 Å². The summed E-state index contributed by atoms with van der Waals surface area (Å²) in [4.78, 5) is 21.0. The van der Waals surface area contributed by atoms with Crippen LogP contribution < -0.4 is 0 Å². The number of ether oxygens (including phenoxy) is 2. The van der Waals surface area contributed by atoms with Gasteiger partial charge in [-0.15, -0.1) is 11.3 Å². The lowest BCUT2D eigenvalue weighted by molar-refractivity contribution is -0.140. The number of hydrogen-bond acceptors (Lipinski definition) is 6. The van der Waals surface area contributed by atoms with E-state index in [0.717, 1.165) is 62.9 Å². The SMILES string of the molecule is Cc1nc(CN2CCN(C(=O)COCC3CCCCO3)CC2)cs1. The quantitative estimate of drug-likeness (QED) is 0.779. The van der Waals surface area contributed by atoms with Gasteiger partial charge in [0.1, 0.15) is 6.61 Å². The van der Waals surface area contributed by atoms with Crippen LogP contribution in [-0.2, 0) is 20.8 Å². The van der Waals surface area contributed by atoms with Crippen LogP contribution in [0.2, 0.25) is 0 Å². The van der Waals surface area contributed by atoms with E-state index in [0.29, 0.717) is 6.61 Å². The van der Waals surface area contributed by atoms with Crippen molar-refractivity contribution >= 4 is 17.2 Å². The topological polar surface area (TPSA) is 54.9 Å². The van der Waals surface area contributed by atoms with Gasteiger partial charge in [-0.3, -0.25) is 9.69 Å². The Kier molecular flexibility index (Phi) is 6.59. The van der Waals surface area contributed by atoms with Crippen molar-refractivity contribution in [2.45, 2.75) is 38.8 Å². The molecule has 3 heterocycles. The second-order valence-electron chi connectivity index (χ2n) is 6.52. The zero-order valence-electron chi connectivity index (χ0n) is 14.4. The normalized spacial score (nSPS) is 22.7. The summed E-state index contributed by atoms with van der Waals surface area (Å²) < 4.78 is 11.2. The molecule has 1 atom stereocenters. The molecule has 24 heavy (non-hydrogen) atoms. The molecule has 1 aromatic heterocycles. The third-order valence-electron chi connectivity index (χ3n) is 4.58. The van der Waals surface area contributed by atoms with Crippen LogP contribution in [0.25, 0.3) is 0 Å². The Morgan fingerprint density at radius 1 is 1.38 bits per heavy atom. The highest BCUT2D eigenvalue weighted by molar-refractivity contribution is 7.09. The Hall–Kier alpha value is -1.02. The van der Waals surface area contributed by atoms with Gasteiger partial charge in [0.2, 0.25) is 5.91 Å². The van der Waals surface area contributed by atoms with Gasteiger partial charge < -0.3 is 14.4 Å². The highest BCUT2D eigenvalue weighted by Gasteiger charge is 2.22. The van der Waals surface area contributed by atoms with Crippen LogP contribution in [0, 0.1) is 6.92 Å². The average Bonchev–Trinajstić information content (AvgIpc) is 3.01. The zero-order chi connectivity index (χ0) is 16.8. The van der Waals surface area contributed by atoms with E-state index in [1.807, 2.05) is 11.8 Å². The van der Waals surface area contributed by atoms with E-state index < -0.39 is 0 Å². The molecule has 0 aliphatic carbocycles. The predicted octanol–water partition coefficient (Wildman–Crippen LogP) is 1.68. The van der Waals surface area contributed by atoms with Crippen molar-refractivity contribution in [2.24, 2.45) is 0 Å². The van der Waals surface area contributed by atoms with Gasteiger partial charge in [-0.1, -0.05) is 0 Å². The van der Waals surface area contributed by atoms with E-state index in [1.165, 1.54) is 6.42 Å². The second kappa shape index (κ2) is 8.89. The third-order valence-corrected chi connectivity index (χ3v) is 5.40. The summed E-state index contributed by atoms with van der Waals surface area (Å²) in [6, 6.07) is 0. The van der Waals surface area contributed by atoms with Crippen LogP contribution in [0.4, 0.5) is 0 Å². The molecule has 0 aromatic carbocycles. The lowest BCUT2D eigenvalue weighted by Crippen LogP contribution is -2.49. The Morgan fingerprint density at radius 3 is 2.88 bits per heavy atom. The maximum Gasteiger partial charge on any atom is 0.248 e. The van der Waals surface area contributed by atoms with Gasteiger partial charge in [0.15, 0.2) is 0 Å². The molecule has 0 spiro atoms. The number of carbonyl (C=O) groups excluding carboxylic acids is 1. The molecule has 2 aliphatic heterocycles. The van der Waals surface area contributed by atoms with E-state index in [2.05, 4.69) is 15.3 Å². The zero-order valence-corrected chi connectivity index (χ0v) is 15.2. The van der Waals surface area contributed by atoms with Crippen molar-refractivity contribution in [3.63, 3.8) is 0 Å². The van der Waals surface area contributed by atoms with Crippen molar-refractivity contribution in [2.75, 3.05) is 46.0 Å². The number of aromatic nitrogens is 1. The summed E-state index contributed by atoms with van der Waals surface area (Å²) in [5, 5.41) is 3.23. The number of nitrogens with zero attached hydrogens (tertiary/aromatic N) is 3. The average molecular weight is 353 g/mol. The summed E-state index contributed by atoms with van der Waals surface area (Å²) in [6.07, 6.45) is 3.55. The molecule has 6 nitrogen and oxygen atoms in total. The maximum atomic E-state index is 12.2. The van der Waals surface area contributed by atoms with Crippen LogP contribution >= 0.6 is 11.3 Å². The van der Waals surface area contributed by atoms with Crippen molar-refractivity contribution in [3.8, 4) is 0 Å². The summed E-state index contributed by atoms with van der Waals surface area (Å²) in [5.74, 6) is 0.0926. The van der Waals surface area contributed by atoms with E-state index in [9.17, 15) is 4.79 Å². The molecular formula is C17H27N3O3S. The summed E-state index contributed by atoms with van der Waals surface area (Å²) in [6.45, 7) is 7.77. The van der Waals surface area contributed by atoms with Gasteiger partial charge in [-0.05, 0) is 26.2 Å². The predicted molar refractivity (Wildman–Crippen MR) is 93.1 cm³/mol. The van der Waals surface area contributed by atoms with Crippen LogP contribution in [0.3, 0.4) is 0 Å². The molecule has 7 heteroatoms. The number of thiazole rings is 1. The molecule has 3 rings (SSSR count). The van der Waals surface area contributed by atoms with Crippen LogP contribution in [0.15, 0.2) is 5.38 Å². The largest absolute Gasteiger partial charge is 0.376 e. The third kappa shape index (κ3) is 5.24. The molecule has 0 N–H and O–H groups in total. The van der Waals surface area contributed by atoms with Gasteiger partial charge in [0, 0.05) is 44.7 Å². The minimum Gasteiger partial charge on any atom is -0.376 e. The van der Waals surface area contributed by atoms with Gasteiger partial charge in [0.05, 0.1) is 23.4 Å². The first-order valence-electron chi connectivity index (χ1n) is 8.81. The molecule has 2 fully saturated rings. The standard InChI is InChI=1S/C17H27N3O3S/c1-14-18-15(13-24-14)10-19-5-7-20(8-6-19)17(21)12-22-11-16-4-2-3-9-23-16/h13,16H,2-12H2,1H3. The minimum atomic E-state index is 0.0926. The molecule has 0 radical (unpaired) electrons. The molecule has 2 saturated heterocycles. The number of rotatable bonds is 6. The van der Waals surface area contributed by atoms with Crippen LogP contribution in [0.5, 0.6) is 0 Å². The summed E-state index contributed by atoms with van der Waals surface area (Å²) >= 11 is 1.69. The Balaban J connectivity index is 1.32.